The number of hydrogen-bond acceptors (Lipinski definition) is 4. The molecular formula is C23H32N2O3S2. The average Bonchev–Trinajstić information content (AvgIpc) is 2.69. The molecule has 2 aromatic carbocycles. The maximum atomic E-state index is 13.3. The first-order valence-corrected chi connectivity index (χ1v) is 12.5. The number of benzene rings is 2. The summed E-state index contributed by atoms with van der Waals surface area (Å²) in [4.78, 5) is 12.8. The summed E-state index contributed by atoms with van der Waals surface area (Å²) in [5.41, 5.74) is 2.56. The molecule has 0 atom stereocenters. The maximum absolute atomic E-state index is 13.3. The van der Waals surface area contributed by atoms with Gasteiger partial charge in [0.2, 0.25) is 5.91 Å². The lowest BCUT2D eigenvalue weighted by Crippen LogP contribution is -2.41. The van der Waals surface area contributed by atoms with Gasteiger partial charge in [-0.2, -0.15) is 11.8 Å². The van der Waals surface area contributed by atoms with Gasteiger partial charge in [0, 0.05) is 17.0 Å². The number of carbonyl (C=O) groups is 1. The van der Waals surface area contributed by atoms with Crippen molar-refractivity contribution >= 4 is 33.4 Å². The Kier molecular flexibility index (Phi) is 8.38. The summed E-state index contributed by atoms with van der Waals surface area (Å²) in [5, 5.41) is 2.84. The van der Waals surface area contributed by atoms with Gasteiger partial charge in [0.15, 0.2) is 0 Å². The number of aryl methyl sites for hydroxylation is 2. The minimum Gasteiger partial charge on any atom is -0.354 e. The van der Waals surface area contributed by atoms with Crippen LogP contribution < -0.4 is 9.62 Å². The fourth-order valence-corrected chi connectivity index (χ4v) is 5.02. The van der Waals surface area contributed by atoms with Crippen LogP contribution in [0.5, 0.6) is 0 Å². The van der Waals surface area contributed by atoms with Crippen LogP contribution in [-0.4, -0.2) is 37.9 Å². The number of thioether (sulfide) groups is 1. The van der Waals surface area contributed by atoms with E-state index in [9.17, 15) is 13.2 Å². The zero-order chi connectivity index (χ0) is 22.4. The highest BCUT2D eigenvalue weighted by Gasteiger charge is 2.27. The molecule has 0 bridgehead atoms. The highest BCUT2D eigenvalue weighted by atomic mass is 32.2. The van der Waals surface area contributed by atoms with E-state index in [0.29, 0.717) is 12.2 Å². The summed E-state index contributed by atoms with van der Waals surface area (Å²) in [5.74, 6) is 0.449. The molecule has 0 aromatic heterocycles. The Balaban J connectivity index is 2.23. The molecule has 1 amide bonds. The second-order valence-corrected chi connectivity index (χ2v) is 11.9. The third-order valence-corrected chi connectivity index (χ3v) is 7.55. The molecule has 0 saturated heterocycles. The van der Waals surface area contributed by atoms with E-state index in [1.807, 2.05) is 26.0 Å². The van der Waals surface area contributed by atoms with Crippen LogP contribution in [0.1, 0.15) is 38.8 Å². The van der Waals surface area contributed by atoms with Gasteiger partial charge in [-0.15, -0.1) is 0 Å². The fraction of sp³-hybridized carbons (Fsp3) is 0.435. The summed E-state index contributed by atoms with van der Waals surface area (Å²) in [6, 6.07) is 14.0. The molecule has 2 rings (SSSR count). The maximum Gasteiger partial charge on any atom is 0.264 e. The van der Waals surface area contributed by atoms with Crippen LogP contribution in [0.25, 0.3) is 0 Å². The molecule has 164 valence electrons. The molecule has 7 heteroatoms. The lowest BCUT2D eigenvalue weighted by Gasteiger charge is -2.24. The van der Waals surface area contributed by atoms with Crippen molar-refractivity contribution in [3.8, 4) is 0 Å². The highest BCUT2D eigenvalue weighted by Crippen LogP contribution is 2.25. The summed E-state index contributed by atoms with van der Waals surface area (Å²) in [6.45, 7) is 10.5. The van der Waals surface area contributed by atoms with Gasteiger partial charge in [-0.25, -0.2) is 8.42 Å². The molecule has 2 aromatic rings. The van der Waals surface area contributed by atoms with Crippen molar-refractivity contribution in [3.05, 3.63) is 59.7 Å². The summed E-state index contributed by atoms with van der Waals surface area (Å²) in [7, 11) is -3.87. The lowest BCUT2D eigenvalue weighted by molar-refractivity contribution is -0.119. The summed E-state index contributed by atoms with van der Waals surface area (Å²) >= 11 is 1.75. The van der Waals surface area contributed by atoms with Crippen LogP contribution in [0, 0.1) is 6.92 Å². The Morgan fingerprint density at radius 1 is 1.03 bits per heavy atom. The Morgan fingerprint density at radius 3 is 2.17 bits per heavy atom. The monoisotopic (exact) mass is 448 g/mol. The Bertz CT molecular complexity index is 932. The molecule has 0 aliphatic heterocycles. The van der Waals surface area contributed by atoms with Crippen LogP contribution in [0.3, 0.4) is 0 Å². The number of rotatable bonds is 9. The van der Waals surface area contributed by atoms with E-state index < -0.39 is 10.0 Å². The van der Waals surface area contributed by atoms with E-state index in [2.05, 4.69) is 26.1 Å². The predicted molar refractivity (Wildman–Crippen MR) is 127 cm³/mol. The average molecular weight is 449 g/mol. The lowest BCUT2D eigenvalue weighted by atomic mass is 10.1. The number of nitrogens with zero attached hydrogens (tertiary/aromatic N) is 1. The third-order valence-electron chi connectivity index (χ3n) is 4.49. The molecule has 1 N–H and O–H groups in total. The van der Waals surface area contributed by atoms with Gasteiger partial charge in [0.25, 0.3) is 10.0 Å². The Hall–Kier alpha value is -1.99. The third kappa shape index (κ3) is 7.06. The molecule has 0 heterocycles. The second kappa shape index (κ2) is 10.4. The number of nitrogens with one attached hydrogen (secondary N) is 1. The SMILES string of the molecule is CCc1ccc(N(CC(=O)NCCSC(C)(C)C)S(=O)(=O)c2ccc(C)cc2)cc1. The van der Waals surface area contributed by atoms with Gasteiger partial charge in [-0.3, -0.25) is 9.10 Å². The molecule has 5 nitrogen and oxygen atoms in total. The van der Waals surface area contributed by atoms with Crippen LogP contribution in [-0.2, 0) is 21.2 Å². The minimum absolute atomic E-state index is 0.118. The molecule has 0 aliphatic carbocycles. The normalized spacial score (nSPS) is 11.9. The molecule has 0 saturated carbocycles. The number of amides is 1. The predicted octanol–water partition coefficient (Wildman–Crippen LogP) is 4.40. The largest absolute Gasteiger partial charge is 0.354 e. The van der Waals surface area contributed by atoms with Gasteiger partial charge in [0.1, 0.15) is 6.54 Å². The van der Waals surface area contributed by atoms with Crippen LogP contribution >= 0.6 is 11.8 Å². The van der Waals surface area contributed by atoms with Gasteiger partial charge < -0.3 is 5.32 Å². The molecule has 0 unspecified atom stereocenters. The molecule has 0 fully saturated rings. The van der Waals surface area contributed by atoms with Crippen molar-refractivity contribution in [2.75, 3.05) is 23.1 Å². The number of sulfonamides is 1. The van der Waals surface area contributed by atoms with Crippen molar-refractivity contribution < 1.29 is 13.2 Å². The van der Waals surface area contributed by atoms with E-state index in [4.69, 9.17) is 0 Å². The van der Waals surface area contributed by atoms with Crippen molar-refractivity contribution in [3.63, 3.8) is 0 Å². The minimum atomic E-state index is -3.87. The van der Waals surface area contributed by atoms with Crippen molar-refractivity contribution in [2.45, 2.75) is 50.7 Å². The number of hydrogen-bond donors (Lipinski definition) is 1. The van der Waals surface area contributed by atoms with Gasteiger partial charge in [-0.1, -0.05) is 57.5 Å². The van der Waals surface area contributed by atoms with E-state index in [-0.39, 0.29) is 22.1 Å². The van der Waals surface area contributed by atoms with Crippen LogP contribution in [0.2, 0.25) is 0 Å². The van der Waals surface area contributed by atoms with Gasteiger partial charge in [-0.05, 0) is 43.2 Å². The quantitative estimate of drug-likeness (QED) is 0.578. The topological polar surface area (TPSA) is 66.5 Å². The van der Waals surface area contributed by atoms with Crippen molar-refractivity contribution in [1.29, 1.82) is 0 Å². The zero-order valence-corrected chi connectivity index (χ0v) is 20.1. The van der Waals surface area contributed by atoms with Crippen molar-refractivity contribution in [2.24, 2.45) is 0 Å². The van der Waals surface area contributed by atoms with E-state index in [0.717, 1.165) is 23.3 Å². The molecule has 0 aliphatic rings. The summed E-state index contributed by atoms with van der Waals surface area (Å²) < 4.78 is 28.0. The standard InChI is InChI=1S/C23H32N2O3S2/c1-6-19-9-11-20(12-10-19)25(17-22(26)24-15-16-29-23(3,4)5)30(27,28)21-13-7-18(2)8-14-21/h7-14H,6,15-17H2,1-5H3,(H,24,26). The first-order valence-electron chi connectivity index (χ1n) is 10.1. The van der Waals surface area contributed by atoms with E-state index in [1.54, 1.807) is 48.2 Å². The highest BCUT2D eigenvalue weighted by molar-refractivity contribution is 8.00. The van der Waals surface area contributed by atoms with E-state index in [1.165, 1.54) is 4.31 Å². The smallest absolute Gasteiger partial charge is 0.264 e. The molecule has 0 radical (unpaired) electrons. The van der Waals surface area contributed by atoms with Crippen LogP contribution in [0.4, 0.5) is 5.69 Å². The Morgan fingerprint density at radius 2 is 1.63 bits per heavy atom. The first-order chi connectivity index (χ1) is 14.0. The number of carbonyl (C=O) groups excluding carboxylic acids is 1. The first kappa shape index (κ1) is 24.3. The molecular weight excluding hydrogens is 416 g/mol. The van der Waals surface area contributed by atoms with Crippen LogP contribution in [0.15, 0.2) is 53.4 Å². The second-order valence-electron chi connectivity index (χ2n) is 8.16. The number of anilines is 1. The van der Waals surface area contributed by atoms with Gasteiger partial charge >= 0.3 is 0 Å². The van der Waals surface area contributed by atoms with Crippen molar-refractivity contribution in [1.82, 2.24) is 5.32 Å². The summed E-state index contributed by atoms with van der Waals surface area (Å²) in [6.07, 6.45) is 0.858. The van der Waals surface area contributed by atoms with Gasteiger partial charge in [0.05, 0.1) is 10.6 Å². The Labute approximate surface area is 185 Å². The van der Waals surface area contributed by atoms with E-state index >= 15 is 0 Å². The molecule has 30 heavy (non-hydrogen) atoms. The zero-order valence-electron chi connectivity index (χ0n) is 18.4. The fourth-order valence-electron chi connectivity index (χ4n) is 2.78. The molecule has 0 spiro atoms.